The number of aromatic nitrogens is 1. The van der Waals surface area contributed by atoms with Crippen LogP contribution in [0.5, 0.6) is 0 Å². The van der Waals surface area contributed by atoms with Crippen LogP contribution in [0, 0.1) is 0 Å². The second kappa shape index (κ2) is 6.31. The summed E-state index contributed by atoms with van der Waals surface area (Å²) in [7, 11) is 0. The molecule has 4 heteroatoms. The van der Waals surface area contributed by atoms with Crippen molar-refractivity contribution in [3.05, 3.63) is 35.5 Å². The van der Waals surface area contributed by atoms with E-state index in [0.717, 1.165) is 19.4 Å². The van der Waals surface area contributed by atoms with Crippen LogP contribution < -0.4 is 10.6 Å². The molecule has 0 aliphatic heterocycles. The molecule has 3 N–H and O–H groups in total. The highest BCUT2D eigenvalue weighted by Gasteiger charge is 2.23. The summed E-state index contributed by atoms with van der Waals surface area (Å²) >= 11 is 0. The molecular formula is C17H23N3O. The third-order valence-corrected chi connectivity index (χ3v) is 4.23. The monoisotopic (exact) mass is 285 g/mol. The molecule has 4 nitrogen and oxygen atoms in total. The van der Waals surface area contributed by atoms with E-state index in [9.17, 15) is 4.79 Å². The van der Waals surface area contributed by atoms with Gasteiger partial charge in [0.15, 0.2) is 0 Å². The summed E-state index contributed by atoms with van der Waals surface area (Å²) in [6.07, 6.45) is 4.02. The fourth-order valence-corrected chi connectivity index (χ4v) is 3.26. The molecule has 1 atom stereocenters. The predicted molar refractivity (Wildman–Crippen MR) is 85.3 cm³/mol. The normalized spacial score (nSPS) is 17.7. The first kappa shape index (κ1) is 14.1. The Labute approximate surface area is 125 Å². The zero-order valence-electron chi connectivity index (χ0n) is 12.5. The van der Waals surface area contributed by atoms with Gasteiger partial charge in [0, 0.05) is 42.1 Å². The smallest absolute Gasteiger partial charge is 0.221 e. The SMILES string of the molecule is CCNC(=O)CCNC1CCCc2c1[nH]c1ccccc21. The average molecular weight is 285 g/mol. The number of para-hydroxylation sites is 1. The maximum absolute atomic E-state index is 11.5. The van der Waals surface area contributed by atoms with Crippen molar-refractivity contribution >= 4 is 16.8 Å². The number of fused-ring (bicyclic) bond motifs is 3. The molecule has 112 valence electrons. The van der Waals surface area contributed by atoms with Gasteiger partial charge in [-0.25, -0.2) is 0 Å². The first-order chi connectivity index (χ1) is 10.3. The minimum atomic E-state index is 0.123. The number of rotatable bonds is 5. The summed E-state index contributed by atoms with van der Waals surface area (Å²) in [6, 6.07) is 8.85. The molecule has 1 aliphatic rings. The summed E-state index contributed by atoms with van der Waals surface area (Å²) in [5.74, 6) is 0.123. The lowest BCUT2D eigenvalue weighted by molar-refractivity contribution is -0.120. The number of aryl methyl sites for hydroxylation is 1. The molecule has 2 aromatic rings. The van der Waals surface area contributed by atoms with Gasteiger partial charge in [-0.1, -0.05) is 18.2 Å². The fraction of sp³-hybridized carbons (Fsp3) is 0.471. The van der Waals surface area contributed by atoms with E-state index >= 15 is 0 Å². The summed E-state index contributed by atoms with van der Waals surface area (Å²) in [5.41, 5.74) is 3.99. The minimum absolute atomic E-state index is 0.123. The Kier molecular flexibility index (Phi) is 4.25. The minimum Gasteiger partial charge on any atom is -0.357 e. The molecule has 21 heavy (non-hydrogen) atoms. The quantitative estimate of drug-likeness (QED) is 0.791. The van der Waals surface area contributed by atoms with Crippen LogP contribution in [0.1, 0.15) is 43.5 Å². The van der Waals surface area contributed by atoms with Crippen molar-refractivity contribution in [1.82, 2.24) is 15.6 Å². The van der Waals surface area contributed by atoms with Crippen LogP contribution in [0.2, 0.25) is 0 Å². The second-order valence-electron chi connectivity index (χ2n) is 5.67. The molecule has 0 spiro atoms. The first-order valence-corrected chi connectivity index (χ1v) is 7.89. The third-order valence-electron chi connectivity index (χ3n) is 4.23. The number of aromatic amines is 1. The van der Waals surface area contributed by atoms with Gasteiger partial charge in [0.05, 0.1) is 0 Å². The van der Waals surface area contributed by atoms with Crippen LogP contribution in [-0.2, 0) is 11.2 Å². The highest BCUT2D eigenvalue weighted by molar-refractivity contribution is 5.85. The standard InChI is InChI=1S/C17H23N3O/c1-2-18-16(21)10-11-19-15-9-5-7-13-12-6-3-4-8-14(12)20-17(13)15/h3-4,6,8,15,19-20H,2,5,7,9-11H2,1H3,(H,18,21). The van der Waals surface area contributed by atoms with Crippen molar-refractivity contribution in [1.29, 1.82) is 0 Å². The van der Waals surface area contributed by atoms with Gasteiger partial charge in [-0.2, -0.15) is 0 Å². The Morgan fingerprint density at radius 2 is 2.24 bits per heavy atom. The molecule has 0 saturated carbocycles. The Balaban J connectivity index is 1.70. The van der Waals surface area contributed by atoms with E-state index < -0.39 is 0 Å². The number of carbonyl (C=O) groups excluding carboxylic acids is 1. The van der Waals surface area contributed by atoms with Crippen molar-refractivity contribution in [2.75, 3.05) is 13.1 Å². The molecular weight excluding hydrogens is 262 g/mol. The van der Waals surface area contributed by atoms with Gasteiger partial charge >= 0.3 is 0 Å². The number of hydrogen-bond acceptors (Lipinski definition) is 2. The first-order valence-electron chi connectivity index (χ1n) is 7.89. The van der Waals surface area contributed by atoms with Gasteiger partial charge in [-0.05, 0) is 37.8 Å². The van der Waals surface area contributed by atoms with Crippen LogP contribution in [-0.4, -0.2) is 24.0 Å². The highest BCUT2D eigenvalue weighted by atomic mass is 16.1. The van der Waals surface area contributed by atoms with Crippen LogP contribution >= 0.6 is 0 Å². The van der Waals surface area contributed by atoms with Crippen molar-refractivity contribution in [2.24, 2.45) is 0 Å². The molecule has 0 saturated heterocycles. The van der Waals surface area contributed by atoms with Gasteiger partial charge in [0.25, 0.3) is 0 Å². The van der Waals surface area contributed by atoms with Crippen molar-refractivity contribution < 1.29 is 4.79 Å². The zero-order chi connectivity index (χ0) is 14.7. The van der Waals surface area contributed by atoms with E-state index in [4.69, 9.17) is 0 Å². The number of amides is 1. The molecule has 0 radical (unpaired) electrons. The summed E-state index contributed by atoms with van der Waals surface area (Å²) < 4.78 is 0. The maximum atomic E-state index is 11.5. The molecule has 0 bridgehead atoms. The Hall–Kier alpha value is -1.81. The summed E-state index contributed by atoms with van der Waals surface area (Å²) in [4.78, 5) is 15.1. The van der Waals surface area contributed by atoms with Gasteiger partial charge in [-0.15, -0.1) is 0 Å². The lowest BCUT2D eigenvalue weighted by atomic mass is 9.91. The summed E-state index contributed by atoms with van der Waals surface area (Å²) in [5, 5.41) is 7.72. The van der Waals surface area contributed by atoms with Crippen LogP contribution in [0.4, 0.5) is 0 Å². The van der Waals surface area contributed by atoms with E-state index in [1.807, 2.05) is 6.92 Å². The van der Waals surface area contributed by atoms with E-state index in [-0.39, 0.29) is 5.91 Å². The van der Waals surface area contributed by atoms with Gasteiger partial charge in [-0.3, -0.25) is 4.79 Å². The van der Waals surface area contributed by atoms with Crippen LogP contribution in [0.25, 0.3) is 10.9 Å². The largest absolute Gasteiger partial charge is 0.357 e. The average Bonchev–Trinajstić information content (AvgIpc) is 2.87. The number of carbonyl (C=O) groups is 1. The third kappa shape index (κ3) is 2.95. The molecule has 1 unspecified atom stereocenters. The predicted octanol–water partition coefficient (Wildman–Crippen LogP) is 2.66. The van der Waals surface area contributed by atoms with E-state index in [1.165, 1.54) is 28.6 Å². The lowest BCUT2D eigenvalue weighted by Crippen LogP contribution is -2.30. The van der Waals surface area contributed by atoms with E-state index in [1.54, 1.807) is 0 Å². The molecule has 1 heterocycles. The fourth-order valence-electron chi connectivity index (χ4n) is 3.26. The van der Waals surface area contributed by atoms with Gasteiger partial charge in [0.2, 0.25) is 5.91 Å². The van der Waals surface area contributed by atoms with Gasteiger partial charge in [0.1, 0.15) is 0 Å². The number of nitrogens with one attached hydrogen (secondary N) is 3. The number of benzene rings is 1. The van der Waals surface area contributed by atoms with Crippen LogP contribution in [0.15, 0.2) is 24.3 Å². The van der Waals surface area contributed by atoms with Crippen molar-refractivity contribution in [3.63, 3.8) is 0 Å². The second-order valence-corrected chi connectivity index (χ2v) is 5.67. The van der Waals surface area contributed by atoms with E-state index in [0.29, 0.717) is 19.0 Å². The lowest BCUT2D eigenvalue weighted by Gasteiger charge is -2.23. The Morgan fingerprint density at radius 3 is 3.10 bits per heavy atom. The molecule has 1 aromatic heterocycles. The maximum Gasteiger partial charge on any atom is 0.221 e. The molecule has 1 amide bonds. The Morgan fingerprint density at radius 1 is 1.38 bits per heavy atom. The topological polar surface area (TPSA) is 56.9 Å². The zero-order valence-corrected chi connectivity index (χ0v) is 12.5. The summed E-state index contributed by atoms with van der Waals surface area (Å²) in [6.45, 7) is 3.38. The molecule has 3 rings (SSSR count). The van der Waals surface area contributed by atoms with E-state index in [2.05, 4.69) is 39.9 Å². The molecule has 1 aromatic carbocycles. The van der Waals surface area contributed by atoms with Crippen molar-refractivity contribution in [3.8, 4) is 0 Å². The van der Waals surface area contributed by atoms with Crippen LogP contribution in [0.3, 0.4) is 0 Å². The molecule has 0 fully saturated rings. The molecule has 1 aliphatic carbocycles. The highest BCUT2D eigenvalue weighted by Crippen LogP contribution is 2.34. The number of hydrogen-bond donors (Lipinski definition) is 3. The number of H-pyrrole nitrogens is 1. The van der Waals surface area contributed by atoms with Crippen molar-refractivity contribution in [2.45, 2.75) is 38.6 Å². The Bertz CT molecular complexity index is 632. The van der Waals surface area contributed by atoms with Gasteiger partial charge < -0.3 is 15.6 Å².